The number of carboxylic acid groups (broad SMARTS) is 2. The molecule has 1 aromatic carbocycles. The minimum absolute atomic E-state index is 0.0846. The molecule has 8 nitrogen and oxygen atoms in total. The van der Waals surface area contributed by atoms with Gasteiger partial charge in [0.2, 0.25) is 0 Å². The number of nitrogens with one attached hydrogen (secondary N) is 1. The van der Waals surface area contributed by atoms with Gasteiger partial charge in [-0.1, -0.05) is 0 Å². The molecule has 1 saturated heterocycles. The number of rotatable bonds is 7. The molecule has 3 rings (SSSR count). The van der Waals surface area contributed by atoms with E-state index < -0.39 is 23.6 Å². The zero-order valence-corrected chi connectivity index (χ0v) is 17.4. The highest BCUT2D eigenvalue weighted by Crippen LogP contribution is 2.32. The van der Waals surface area contributed by atoms with Gasteiger partial charge in [-0.05, 0) is 50.6 Å². The summed E-state index contributed by atoms with van der Waals surface area (Å²) in [5.74, 6) is -2.97. The van der Waals surface area contributed by atoms with Crippen LogP contribution in [0.5, 0.6) is 17.4 Å². The fourth-order valence-corrected chi connectivity index (χ4v) is 2.78. The van der Waals surface area contributed by atoms with Crippen LogP contribution in [-0.2, 0) is 9.59 Å². The first-order valence-electron chi connectivity index (χ1n) is 9.82. The van der Waals surface area contributed by atoms with Gasteiger partial charge < -0.3 is 25.0 Å². The van der Waals surface area contributed by atoms with E-state index in [2.05, 4.69) is 10.3 Å². The van der Waals surface area contributed by atoms with Crippen LogP contribution >= 0.6 is 0 Å². The molecule has 0 aliphatic carbocycles. The summed E-state index contributed by atoms with van der Waals surface area (Å²) in [5, 5.41) is 19.0. The highest BCUT2D eigenvalue weighted by Gasteiger charge is 2.17. The quantitative estimate of drug-likeness (QED) is 0.548. The van der Waals surface area contributed by atoms with Crippen LogP contribution in [0.3, 0.4) is 0 Å². The molecule has 1 atom stereocenters. The number of hydrogen-bond donors (Lipinski definition) is 3. The van der Waals surface area contributed by atoms with E-state index in [1.807, 2.05) is 13.0 Å². The predicted molar refractivity (Wildman–Crippen MR) is 111 cm³/mol. The Balaban J connectivity index is 0.000000390. The van der Waals surface area contributed by atoms with E-state index >= 15 is 0 Å². The van der Waals surface area contributed by atoms with E-state index in [-0.39, 0.29) is 11.6 Å². The lowest BCUT2D eigenvalue weighted by molar-refractivity contribution is -0.134. The number of benzene rings is 1. The van der Waals surface area contributed by atoms with Crippen LogP contribution < -0.4 is 14.8 Å². The Hall–Kier alpha value is -3.53. The van der Waals surface area contributed by atoms with Crippen molar-refractivity contribution in [3.63, 3.8) is 0 Å². The third-order valence-electron chi connectivity index (χ3n) is 4.31. The van der Waals surface area contributed by atoms with Gasteiger partial charge in [-0.25, -0.2) is 23.4 Å². The van der Waals surface area contributed by atoms with Crippen LogP contribution in [0.15, 0.2) is 42.5 Å². The molecule has 0 spiro atoms. The third kappa shape index (κ3) is 8.68. The SMILES string of the molecule is Cc1ccc(OC[C@H]2CCCNC2)c(Oc2ccc(F)cc2F)n1.O=C(O)/C=C/C(=O)O. The number of carbonyl (C=O) groups is 2. The summed E-state index contributed by atoms with van der Waals surface area (Å²) in [4.78, 5) is 23.4. The van der Waals surface area contributed by atoms with Crippen molar-refractivity contribution < 1.29 is 38.1 Å². The van der Waals surface area contributed by atoms with Crippen molar-refractivity contribution in [1.82, 2.24) is 10.3 Å². The van der Waals surface area contributed by atoms with Crippen LogP contribution in [-0.4, -0.2) is 46.8 Å². The lowest BCUT2D eigenvalue weighted by Crippen LogP contribution is -2.33. The molecule has 1 aromatic heterocycles. The molecule has 10 heteroatoms. The summed E-state index contributed by atoms with van der Waals surface area (Å²) >= 11 is 0. The van der Waals surface area contributed by atoms with E-state index in [9.17, 15) is 18.4 Å². The first kappa shape index (κ1) is 24.7. The molecule has 0 amide bonds. The summed E-state index contributed by atoms with van der Waals surface area (Å²) in [6.45, 7) is 4.31. The van der Waals surface area contributed by atoms with Crippen molar-refractivity contribution in [2.45, 2.75) is 19.8 Å². The van der Waals surface area contributed by atoms with E-state index in [0.29, 0.717) is 30.4 Å². The summed E-state index contributed by atoms with van der Waals surface area (Å²) in [7, 11) is 0. The first-order valence-corrected chi connectivity index (χ1v) is 9.82. The Labute approximate surface area is 183 Å². The maximum atomic E-state index is 13.8. The second-order valence-corrected chi connectivity index (χ2v) is 6.97. The molecule has 172 valence electrons. The van der Waals surface area contributed by atoms with Crippen LogP contribution in [0.25, 0.3) is 0 Å². The number of ether oxygens (including phenoxy) is 2. The lowest BCUT2D eigenvalue weighted by Gasteiger charge is -2.23. The second-order valence-electron chi connectivity index (χ2n) is 6.97. The number of halogens is 2. The number of nitrogens with zero attached hydrogens (tertiary/aromatic N) is 1. The Morgan fingerprint density at radius 2 is 1.84 bits per heavy atom. The molecule has 2 aromatic rings. The summed E-state index contributed by atoms with van der Waals surface area (Å²) in [6, 6.07) is 6.73. The fourth-order valence-electron chi connectivity index (χ4n) is 2.78. The molecule has 3 N–H and O–H groups in total. The molecule has 0 radical (unpaired) electrons. The highest BCUT2D eigenvalue weighted by atomic mass is 19.1. The van der Waals surface area contributed by atoms with E-state index in [1.54, 1.807) is 6.07 Å². The number of piperidine rings is 1. The molecule has 1 aliphatic heterocycles. The minimum Gasteiger partial charge on any atom is -0.488 e. The van der Waals surface area contributed by atoms with Crippen molar-refractivity contribution in [3.05, 3.63) is 59.8 Å². The van der Waals surface area contributed by atoms with Crippen LogP contribution in [0.1, 0.15) is 18.5 Å². The van der Waals surface area contributed by atoms with Gasteiger partial charge in [-0.3, -0.25) is 0 Å². The number of aryl methyl sites for hydroxylation is 1. The smallest absolute Gasteiger partial charge is 0.328 e. The van der Waals surface area contributed by atoms with Crippen molar-refractivity contribution in [2.75, 3.05) is 19.7 Å². The fraction of sp³-hybridized carbons (Fsp3) is 0.318. The van der Waals surface area contributed by atoms with Crippen molar-refractivity contribution in [1.29, 1.82) is 0 Å². The van der Waals surface area contributed by atoms with Crippen LogP contribution in [0, 0.1) is 24.5 Å². The summed E-state index contributed by atoms with van der Waals surface area (Å²) < 4.78 is 38.2. The molecule has 0 saturated carbocycles. The monoisotopic (exact) mass is 450 g/mol. The molecule has 0 unspecified atom stereocenters. The average molecular weight is 450 g/mol. The molecule has 0 bridgehead atoms. The van der Waals surface area contributed by atoms with Gasteiger partial charge in [-0.2, -0.15) is 0 Å². The maximum absolute atomic E-state index is 13.8. The molecule has 1 aliphatic rings. The molecular weight excluding hydrogens is 426 g/mol. The van der Waals surface area contributed by atoms with E-state index in [0.717, 1.165) is 43.8 Å². The van der Waals surface area contributed by atoms with Gasteiger partial charge in [0.15, 0.2) is 17.3 Å². The first-order chi connectivity index (χ1) is 15.2. The molecule has 32 heavy (non-hydrogen) atoms. The zero-order chi connectivity index (χ0) is 23.5. The second kappa shape index (κ2) is 12.4. The summed E-state index contributed by atoms with van der Waals surface area (Å²) in [6.07, 6.45) is 3.35. The summed E-state index contributed by atoms with van der Waals surface area (Å²) in [5.41, 5.74) is 0.721. The predicted octanol–water partition coefficient (Wildman–Crippen LogP) is 3.55. The maximum Gasteiger partial charge on any atom is 0.328 e. The molecular formula is C22H24F2N2O6. The Kier molecular flexibility index (Phi) is 9.55. The minimum atomic E-state index is -1.26. The van der Waals surface area contributed by atoms with Gasteiger partial charge in [-0.15, -0.1) is 0 Å². The van der Waals surface area contributed by atoms with Crippen molar-refractivity contribution >= 4 is 11.9 Å². The van der Waals surface area contributed by atoms with Crippen molar-refractivity contribution in [3.8, 4) is 17.4 Å². The van der Waals surface area contributed by atoms with Crippen LogP contribution in [0.4, 0.5) is 8.78 Å². The molecule has 2 heterocycles. The van der Waals surface area contributed by atoms with Crippen LogP contribution in [0.2, 0.25) is 0 Å². The van der Waals surface area contributed by atoms with E-state index in [1.165, 1.54) is 6.07 Å². The van der Waals surface area contributed by atoms with Gasteiger partial charge in [0.05, 0.1) is 6.61 Å². The van der Waals surface area contributed by atoms with Gasteiger partial charge in [0, 0.05) is 36.4 Å². The number of aromatic nitrogens is 1. The number of hydrogen-bond acceptors (Lipinski definition) is 6. The number of pyridine rings is 1. The van der Waals surface area contributed by atoms with Gasteiger partial charge >= 0.3 is 11.9 Å². The lowest BCUT2D eigenvalue weighted by atomic mass is 10.0. The largest absolute Gasteiger partial charge is 0.488 e. The average Bonchev–Trinajstić information content (AvgIpc) is 2.75. The van der Waals surface area contributed by atoms with Gasteiger partial charge in [0.1, 0.15) is 5.82 Å². The Bertz CT molecular complexity index is 945. The van der Waals surface area contributed by atoms with Gasteiger partial charge in [0.25, 0.3) is 5.88 Å². The normalized spacial score (nSPS) is 15.5. The molecule has 1 fully saturated rings. The van der Waals surface area contributed by atoms with E-state index in [4.69, 9.17) is 19.7 Å². The third-order valence-corrected chi connectivity index (χ3v) is 4.31. The highest BCUT2D eigenvalue weighted by molar-refractivity contribution is 5.89. The number of aliphatic carboxylic acids is 2. The number of carboxylic acids is 2. The standard InChI is InChI=1S/C18H20F2N2O2.C4H4O4/c1-12-4-6-17(23-11-13-3-2-8-21-10-13)18(22-12)24-16-7-5-14(19)9-15(16)20;5-3(6)1-2-4(7)8/h4-7,9,13,21H,2-3,8,10-11H2,1H3;1-2H,(H,5,6)(H,7,8)/b;2-1+/t13-;/m0./s1. The topological polar surface area (TPSA) is 118 Å². The Morgan fingerprint density at radius 1 is 1.16 bits per heavy atom. The van der Waals surface area contributed by atoms with Crippen molar-refractivity contribution in [2.24, 2.45) is 5.92 Å². The Morgan fingerprint density at radius 3 is 2.44 bits per heavy atom. The zero-order valence-electron chi connectivity index (χ0n) is 17.4.